The Kier molecular flexibility index (Phi) is 5.80. The zero-order valence-electron chi connectivity index (χ0n) is 6.71. The number of rotatable bonds is 2. The maximum absolute atomic E-state index is 10.8. The fourth-order valence-electron chi connectivity index (χ4n) is 0.772. The summed E-state index contributed by atoms with van der Waals surface area (Å²) in [6, 6.07) is 4.53. The Labute approximate surface area is 115 Å². The van der Waals surface area contributed by atoms with E-state index in [1.54, 1.807) is 6.07 Å². The molecule has 0 aliphatic heterocycles. The molecule has 0 fully saturated rings. The number of benzene rings is 1. The normalized spacial score (nSPS) is 10.5. The summed E-state index contributed by atoms with van der Waals surface area (Å²) in [6.45, 7) is 0. The van der Waals surface area contributed by atoms with E-state index in [1.165, 1.54) is 12.1 Å². The molecule has 3 nitrogen and oxygen atoms in total. The van der Waals surface area contributed by atoms with Crippen LogP contribution in [0.4, 0.5) is 5.69 Å². The molecule has 0 radical (unpaired) electrons. The molecule has 14 heavy (non-hydrogen) atoms. The Balaban J connectivity index is 0.00000169. The van der Waals surface area contributed by atoms with Crippen LogP contribution >= 0.6 is 23.2 Å². The van der Waals surface area contributed by atoms with Crippen LogP contribution in [-0.4, -0.2) is 44.2 Å². The van der Waals surface area contributed by atoms with Crippen molar-refractivity contribution in [2.24, 2.45) is 0 Å². The van der Waals surface area contributed by atoms with Crippen molar-refractivity contribution in [2.45, 2.75) is 0 Å². The van der Waals surface area contributed by atoms with Crippen molar-refractivity contribution in [3.05, 3.63) is 28.2 Å². The summed E-state index contributed by atoms with van der Waals surface area (Å²) in [4.78, 5) is 0. The Morgan fingerprint density at radius 1 is 1.29 bits per heavy atom. The molecule has 7 heteroatoms. The average molecular weight is 264 g/mol. The first-order valence-electron chi connectivity index (χ1n) is 3.31. The van der Waals surface area contributed by atoms with Gasteiger partial charge in [0.1, 0.15) is 0 Å². The van der Waals surface area contributed by atoms with Crippen molar-refractivity contribution in [1.29, 1.82) is 0 Å². The van der Waals surface area contributed by atoms with E-state index < -0.39 is 10.0 Å². The summed E-state index contributed by atoms with van der Waals surface area (Å²) < 4.78 is 23.9. The van der Waals surface area contributed by atoms with E-state index in [-0.39, 0.29) is 34.6 Å². The Morgan fingerprint density at radius 3 is 2.29 bits per heavy atom. The second-order valence-corrected chi connectivity index (χ2v) is 5.09. The quantitative estimate of drug-likeness (QED) is 0.826. The van der Waals surface area contributed by atoms with E-state index in [0.717, 1.165) is 6.26 Å². The van der Waals surface area contributed by atoms with Gasteiger partial charge in [0.05, 0.1) is 17.0 Å². The second-order valence-electron chi connectivity index (χ2n) is 2.50. The van der Waals surface area contributed by atoms with Gasteiger partial charge in [-0.3, -0.25) is 4.72 Å². The fourth-order valence-corrected chi connectivity index (χ4v) is 1.86. The van der Waals surface area contributed by atoms with Crippen molar-refractivity contribution in [2.75, 3.05) is 11.0 Å². The van der Waals surface area contributed by atoms with Crippen molar-refractivity contribution < 1.29 is 8.42 Å². The first-order chi connectivity index (χ1) is 5.88. The summed E-state index contributed by atoms with van der Waals surface area (Å²) in [5, 5.41) is 0.738. The standard InChI is InChI=1S/C7H7Cl2NO2S.Na.H/c1-13(11,12)10-7-3-2-5(8)4-6(7)9;;/h2-4,10H,1H3;;. The van der Waals surface area contributed by atoms with Crippen molar-refractivity contribution in [3.63, 3.8) is 0 Å². The van der Waals surface area contributed by atoms with Crippen LogP contribution in [-0.2, 0) is 10.0 Å². The zero-order valence-corrected chi connectivity index (χ0v) is 9.04. The molecule has 0 atom stereocenters. The first-order valence-corrected chi connectivity index (χ1v) is 5.96. The number of sulfonamides is 1. The molecule has 0 spiro atoms. The van der Waals surface area contributed by atoms with Gasteiger partial charge >= 0.3 is 29.6 Å². The molecule has 74 valence electrons. The van der Waals surface area contributed by atoms with E-state index in [0.29, 0.717) is 10.7 Å². The van der Waals surface area contributed by atoms with Gasteiger partial charge in [0, 0.05) is 5.02 Å². The van der Waals surface area contributed by atoms with Gasteiger partial charge in [-0.2, -0.15) is 0 Å². The summed E-state index contributed by atoms with van der Waals surface area (Å²) in [6.07, 6.45) is 1.05. The molecule has 0 aliphatic rings. The van der Waals surface area contributed by atoms with Gasteiger partial charge in [0.25, 0.3) is 0 Å². The monoisotopic (exact) mass is 263 g/mol. The molecule has 0 saturated carbocycles. The van der Waals surface area contributed by atoms with Gasteiger partial charge in [-0.25, -0.2) is 8.42 Å². The Hall–Kier alpha value is 0.550. The third kappa shape index (κ3) is 4.87. The number of hydrogen-bond donors (Lipinski definition) is 1. The summed E-state index contributed by atoms with van der Waals surface area (Å²) >= 11 is 11.4. The van der Waals surface area contributed by atoms with Gasteiger partial charge in [-0.15, -0.1) is 0 Å². The van der Waals surface area contributed by atoms with E-state index in [4.69, 9.17) is 23.2 Å². The summed E-state index contributed by atoms with van der Waals surface area (Å²) in [7, 11) is -3.29. The third-order valence-electron chi connectivity index (χ3n) is 1.23. The number of nitrogens with one attached hydrogen (secondary N) is 1. The van der Waals surface area contributed by atoms with Gasteiger partial charge < -0.3 is 0 Å². The SMILES string of the molecule is CS(=O)(=O)Nc1ccc(Cl)cc1Cl.[NaH]. The number of halogens is 2. The molecule has 1 N–H and O–H groups in total. The predicted molar refractivity (Wildman–Crippen MR) is 62.1 cm³/mol. The minimum atomic E-state index is -3.29. The van der Waals surface area contributed by atoms with E-state index in [9.17, 15) is 8.42 Å². The van der Waals surface area contributed by atoms with Crippen LogP contribution < -0.4 is 4.72 Å². The van der Waals surface area contributed by atoms with E-state index in [2.05, 4.69) is 4.72 Å². The van der Waals surface area contributed by atoms with Crippen molar-refractivity contribution in [1.82, 2.24) is 0 Å². The topological polar surface area (TPSA) is 46.2 Å². The minimum absolute atomic E-state index is 0. The molecular weight excluding hydrogens is 256 g/mol. The molecule has 0 saturated heterocycles. The molecule has 0 aromatic heterocycles. The van der Waals surface area contributed by atoms with Gasteiger partial charge in [-0.05, 0) is 18.2 Å². The second kappa shape index (κ2) is 5.58. The molecule has 0 bridgehead atoms. The van der Waals surface area contributed by atoms with Crippen LogP contribution in [0.25, 0.3) is 0 Å². The molecule has 0 unspecified atom stereocenters. The summed E-state index contributed by atoms with van der Waals surface area (Å²) in [5.74, 6) is 0. The molecule has 1 rings (SSSR count). The zero-order chi connectivity index (χ0) is 10.1. The molecule has 1 aromatic rings. The molecule has 0 aliphatic carbocycles. The Morgan fingerprint density at radius 2 is 1.86 bits per heavy atom. The molecular formula is C7H8Cl2NNaO2S. The maximum atomic E-state index is 10.8. The number of anilines is 1. The van der Waals surface area contributed by atoms with Crippen molar-refractivity contribution in [3.8, 4) is 0 Å². The van der Waals surface area contributed by atoms with E-state index >= 15 is 0 Å². The van der Waals surface area contributed by atoms with Gasteiger partial charge in [0.15, 0.2) is 0 Å². The van der Waals surface area contributed by atoms with Gasteiger partial charge in [0.2, 0.25) is 10.0 Å². The van der Waals surface area contributed by atoms with Crippen molar-refractivity contribution >= 4 is 68.5 Å². The van der Waals surface area contributed by atoms with E-state index in [1.807, 2.05) is 0 Å². The average Bonchev–Trinajstić information content (AvgIpc) is 1.93. The van der Waals surface area contributed by atoms with Gasteiger partial charge in [-0.1, -0.05) is 23.2 Å². The molecule has 0 amide bonds. The summed E-state index contributed by atoms with van der Waals surface area (Å²) in [5.41, 5.74) is 0.327. The molecule has 0 heterocycles. The van der Waals surface area contributed by atoms with Crippen LogP contribution in [0.5, 0.6) is 0 Å². The number of hydrogen-bond acceptors (Lipinski definition) is 2. The van der Waals surface area contributed by atoms with Crippen LogP contribution in [0.3, 0.4) is 0 Å². The third-order valence-corrected chi connectivity index (χ3v) is 2.36. The van der Waals surface area contributed by atoms with Crippen LogP contribution in [0.1, 0.15) is 0 Å². The van der Waals surface area contributed by atoms with Crippen LogP contribution in [0.15, 0.2) is 18.2 Å². The van der Waals surface area contributed by atoms with Crippen LogP contribution in [0, 0.1) is 0 Å². The molecule has 1 aromatic carbocycles. The Bertz CT molecular complexity index is 422. The van der Waals surface area contributed by atoms with Crippen LogP contribution in [0.2, 0.25) is 10.0 Å². The predicted octanol–water partition coefficient (Wildman–Crippen LogP) is 1.72. The fraction of sp³-hybridized carbons (Fsp3) is 0.143. The first kappa shape index (κ1) is 14.6.